The molecule has 0 amide bonds. The summed E-state index contributed by atoms with van der Waals surface area (Å²) < 4.78 is 57.5. The molecule has 1 aromatic heterocycles. The molecule has 1 N–H and O–H groups in total. The minimum absolute atomic E-state index is 0.0332. The fourth-order valence-electron chi connectivity index (χ4n) is 5.75. The van der Waals surface area contributed by atoms with E-state index in [1.54, 1.807) is 42.5 Å². The number of aromatic nitrogens is 1. The van der Waals surface area contributed by atoms with Crippen LogP contribution in [0.1, 0.15) is 42.1 Å². The average molecular weight is 707 g/mol. The Morgan fingerprint density at radius 2 is 1.28 bits per heavy atom. The van der Waals surface area contributed by atoms with Crippen LogP contribution < -0.4 is 10.1 Å². The second-order valence-corrected chi connectivity index (χ2v) is 15.7. The summed E-state index contributed by atoms with van der Waals surface area (Å²) in [5.74, 6) is 0. The Hall–Kier alpha value is -4.63. The number of aryl methyl sites for hydroxylation is 1. The van der Waals surface area contributed by atoms with E-state index >= 15 is 0 Å². The van der Waals surface area contributed by atoms with Gasteiger partial charge in [-0.15, -0.1) is 4.49 Å². The molecule has 0 spiro atoms. The molecule has 6 rings (SSSR count). The number of hydrogen-bond acceptors (Lipinski definition) is 6. The van der Waals surface area contributed by atoms with Gasteiger partial charge >= 0.3 is 7.75 Å². The summed E-state index contributed by atoms with van der Waals surface area (Å²) in [5, 5.41) is 1.61. The maximum Gasteiger partial charge on any atom is 0.419 e. The highest BCUT2D eigenvalue weighted by atomic mass is 32.2. The minimum atomic E-state index is -4.41. The lowest BCUT2D eigenvalue weighted by molar-refractivity contribution is 0.188. The van der Waals surface area contributed by atoms with Crippen LogP contribution in [0.15, 0.2) is 149 Å². The quantitative estimate of drug-likeness (QED) is 0.107. The Morgan fingerprint density at radius 1 is 0.700 bits per heavy atom. The third kappa shape index (κ3) is 8.56. The van der Waals surface area contributed by atoms with Crippen LogP contribution in [0.3, 0.4) is 0 Å². The number of nitrogens with zero attached hydrogens (tertiary/aromatic N) is 1. The van der Waals surface area contributed by atoms with E-state index < -0.39 is 17.8 Å². The molecule has 0 saturated carbocycles. The highest BCUT2D eigenvalue weighted by Crippen LogP contribution is 2.47. The summed E-state index contributed by atoms with van der Waals surface area (Å²) in [7, 11) is -8.81. The molecule has 0 aliphatic heterocycles. The van der Waals surface area contributed by atoms with Gasteiger partial charge in [0.1, 0.15) is 0 Å². The molecule has 8 nitrogen and oxygen atoms in total. The van der Waals surface area contributed by atoms with Crippen molar-refractivity contribution in [2.45, 2.75) is 50.8 Å². The highest BCUT2D eigenvalue weighted by Gasteiger charge is 2.34. The largest absolute Gasteiger partial charge is 0.419 e. The second-order valence-electron chi connectivity index (χ2n) is 12.0. The molecule has 0 radical (unpaired) electrons. The molecular weight excluding hydrogens is 667 g/mol. The van der Waals surface area contributed by atoms with Gasteiger partial charge in [-0.1, -0.05) is 135 Å². The molecule has 0 atom stereocenters. The standard InChI is InChI=1S/C40H39N2O6PS/c1-2-3-19-36-27-35-18-10-11-21-38(35)40(43)42(36)28-31-23-25-34(26-24-31)37-20-12-13-22-39(37)50(45,46)41-49(44,47-29-32-14-6-4-7-15-32)48-30-33-16-8-5-9-17-33/h4-18,20-27H,2-3,19,28-30H2,1H3,(H,41,44). The fourth-order valence-corrected chi connectivity index (χ4v) is 9.19. The summed E-state index contributed by atoms with van der Waals surface area (Å²) in [6, 6.07) is 41.8. The number of sulfonamides is 1. The van der Waals surface area contributed by atoms with Crippen molar-refractivity contribution in [1.82, 2.24) is 9.06 Å². The molecule has 5 aromatic carbocycles. The number of nitrogens with one attached hydrogen (secondary N) is 1. The molecule has 10 heteroatoms. The highest BCUT2D eigenvalue weighted by molar-refractivity contribution is 7.94. The van der Waals surface area contributed by atoms with Crippen LogP contribution in [-0.2, 0) is 49.8 Å². The number of benzene rings is 5. The van der Waals surface area contributed by atoms with Crippen LogP contribution in [0.2, 0.25) is 0 Å². The van der Waals surface area contributed by atoms with E-state index in [0.29, 0.717) is 34.2 Å². The van der Waals surface area contributed by atoms with Gasteiger partial charge in [0, 0.05) is 16.6 Å². The molecule has 50 heavy (non-hydrogen) atoms. The normalized spacial score (nSPS) is 11.9. The van der Waals surface area contributed by atoms with E-state index in [-0.39, 0.29) is 23.7 Å². The molecule has 0 fully saturated rings. The minimum Gasteiger partial charge on any atom is -0.308 e. The van der Waals surface area contributed by atoms with Gasteiger partial charge in [-0.05, 0) is 58.7 Å². The first kappa shape index (κ1) is 35.2. The molecular formula is C40H39N2O6PS. The predicted molar refractivity (Wildman–Crippen MR) is 198 cm³/mol. The van der Waals surface area contributed by atoms with Gasteiger partial charge in [0.05, 0.1) is 24.7 Å². The molecule has 256 valence electrons. The Labute approximate surface area is 293 Å². The first-order valence-electron chi connectivity index (χ1n) is 16.6. The molecule has 0 aliphatic carbocycles. The molecule has 0 bridgehead atoms. The van der Waals surface area contributed by atoms with Gasteiger partial charge in [-0.25, -0.2) is 13.0 Å². The Morgan fingerprint density at radius 3 is 1.92 bits per heavy atom. The van der Waals surface area contributed by atoms with Gasteiger partial charge in [0.15, 0.2) is 0 Å². The first-order valence-corrected chi connectivity index (χ1v) is 19.6. The summed E-state index contributed by atoms with van der Waals surface area (Å²) in [4.78, 5) is 13.5. The Bertz CT molecular complexity index is 2230. The Balaban J connectivity index is 1.27. The zero-order valence-corrected chi connectivity index (χ0v) is 29.5. The summed E-state index contributed by atoms with van der Waals surface area (Å²) in [6.07, 6.45) is 2.78. The van der Waals surface area contributed by atoms with Crippen molar-refractivity contribution in [2.75, 3.05) is 0 Å². The van der Waals surface area contributed by atoms with Crippen molar-refractivity contribution in [3.8, 4) is 11.1 Å². The first-order chi connectivity index (χ1) is 24.2. The predicted octanol–water partition coefficient (Wildman–Crippen LogP) is 8.88. The maximum absolute atomic E-state index is 14.1. The zero-order valence-electron chi connectivity index (χ0n) is 27.8. The Kier molecular flexibility index (Phi) is 11.2. The lowest BCUT2D eigenvalue weighted by Crippen LogP contribution is -2.24. The zero-order chi connectivity index (χ0) is 35.0. The van der Waals surface area contributed by atoms with Gasteiger partial charge < -0.3 is 4.57 Å². The number of unbranched alkanes of at least 4 members (excludes halogenated alkanes) is 1. The topological polar surface area (TPSA) is 104 Å². The fraction of sp³-hybridized carbons (Fsp3) is 0.175. The third-order valence-corrected chi connectivity index (χ3v) is 12.1. The van der Waals surface area contributed by atoms with Crippen LogP contribution in [0.5, 0.6) is 0 Å². The monoisotopic (exact) mass is 706 g/mol. The van der Waals surface area contributed by atoms with Gasteiger partial charge in [-0.2, -0.15) is 0 Å². The lowest BCUT2D eigenvalue weighted by atomic mass is 10.0. The lowest BCUT2D eigenvalue weighted by Gasteiger charge is -2.20. The SMILES string of the molecule is CCCCc1cc2ccccc2c(=O)n1Cc1ccc(-c2ccccc2S(=O)(=O)NP(=O)(OCc2ccccc2)OCc2ccccc2)cc1. The maximum atomic E-state index is 14.1. The van der Waals surface area contributed by atoms with Gasteiger partial charge in [0.2, 0.25) is 10.0 Å². The van der Waals surface area contributed by atoms with Gasteiger partial charge in [-0.3, -0.25) is 13.8 Å². The molecule has 0 aliphatic rings. The number of rotatable bonds is 15. The van der Waals surface area contributed by atoms with Crippen molar-refractivity contribution in [3.05, 3.63) is 172 Å². The van der Waals surface area contributed by atoms with Crippen molar-refractivity contribution >= 4 is 28.5 Å². The van der Waals surface area contributed by atoms with Crippen molar-refractivity contribution in [2.24, 2.45) is 0 Å². The molecule has 0 unspecified atom stereocenters. The van der Waals surface area contributed by atoms with E-state index in [0.717, 1.165) is 35.9 Å². The van der Waals surface area contributed by atoms with E-state index in [4.69, 9.17) is 9.05 Å². The number of fused-ring (bicyclic) bond motifs is 1. The number of hydrogen-bond donors (Lipinski definition) is 1. The van der Waals surface area contributed by atoms with E-state index in [2.05, 4.69) is 17.5 Å². The summed E-state index contributed by atoms with van der Waals surface area (Å²) >= 11 is 0. The number of pyridine rings is 1. The molecule has 6 aromatic rings. The summed E-state index contributed by atoms with van der Waals surface area (Å²) in [5.41, 5.74) is 4.31. The van der Waals surface area contributed by atoms with Crippen LogP contribution in [0.4, 0.5) is 0 Å². The second kappa shape index (κ2) is 15.9. The smallest absolute Gasteiger partial charge is 0.308 e. The third-order valence-electron chi connectivity index (χ3n) is 8.39. The van der Waals surface area contributed by atoms with Crippen molar-refractivity contribution in [3.63, 3.8) is 0 Å². The molecule has 0 saturated heterocycles. The van der Waals surface area contributed by atoms with E-state index in [1.165, 1.54) is 6.07 Å². The van der Waals surface area contributed by atoms with Crippen LogP contribution in [-0.4, -0.2) is 13.0 Å². The van der Waals surface area contributed by atoms with Gasteiger partial charge in [0.25, 0.3) is 5.56 Å². The van der Waals surface area contributed by atoms with E-state index in [9.17, 15) is 17.8 Å². The van der Waals surface area contributed by atoms with Crippen LogP contribution in [0, 0.1) is 0 Å². The van der Waals surface area contributed by atoms with Crippen LogP contribution in [0.25, 0.3) is 21.9 Å². The van der Waals surface area contributed by atoms with Crippen LogP contribution >= 0.6 is 7.75 Å². The van der Waals surface area contributed by atoms with Crippen molar-refractivity contribution in [1.29, 1.82) is 0 Å². The molecule has 1 heterocycles. The summed E-state index contributed by atoms with van der Waals surface area (Å²) in [6.45, 7) is 2.26. The van der Waals surface area contributed by atoms with Crippen molar-refractivity contribution < 1.29 is 22.0 Å². The van der Waals surface area contributed by atoms with E-state index in [1.807, 2.05) is 89.5 Å². The average Bonchev–Trinajstić information content (AvgIpc) is 3.15.